The first-order valence-corrected chi connectivity index (χ1v) is 9.72. The first-order valence-electron chi connectivity index (χ1n) is 9.72. The molecular weight excluding hydrogens is 284 g/mol. The van der Waals surface area contributed by atoms with Gasteiger partial charge >= 0.3 is 0 Å². The van der Waals surface area contributed by atoms with E-state index in [4.69, 9.17) is 0 Å². The zero-order valence-electron chi connectivity index (χ0n) is 14.8. The van der Waals surface area contributed by atoms with E-state index in [1.54, 1.807) is 0 Å². The van der Waals surface area contributed by atoms with E-state index in [1.807, 2.05) is 6.08 Å². The molecule has 0 saturated heterocycles. The van der Waals surface area contributed by atoms with Crippen molar-refractivity contribution in [3.63, 3.8) is 0 Å². The maximum absolute atomic E-state index is 11.9. The zero-order valence-corrected chi connectivity index (χ0v) is 14.8. The Morgan fingerprint density at radius 3 is 2.57 bits per heavy atom. The summed E-state index contributed by atoms with van der Waals surface area (Å²) in [5.74, 6) is 3.26. The largest absolute Gasteiger partial charge is 0.385 e. The van der Waals surface area contributed by atoms with E-state index in [2.05, 4.69) is 20.4 Å². The molecule has 0 aromatic heterocycles. The molecule has 2 heteroatoms. The monoisotopic (exact) mass is 316 g/mol. The van der Waals surface area contributed by atoms with E-state index >= 15 is 0 Å². The number of hydrogen-bond donors (Lipinski definition) is 1. The molecule has 0 aromatic carbocycles. The summed E-state index contributed by atoms with van der Waals surface area (Å²) in [5, 5.41) is 11.1. The van der Waals surface area contributed by atoms with E-state index in [-0.39, 0.29) is 5.41 Å². The van der Waals surface area contributed by atoms with E-state index in [1.165, 1.54) is 19.3 Å². The lowest BCUT2D eigenvalue weighted by Crippen LogP contribution is -2.56. The molecule has 0 amide bonds. The van der Waals surface area contributed by atoms with Crippen molar-refractivity contribution >= 4 is 5.78 Å². The summed E-state index contributed by atoms with van der Waals surface area (Å²) in [5.41, 5.74) is -0.278. The van der Waals surface area contributed by atoms with Gasteiger partial charge in [0.2, 0.25) is 0 Å². The highest BCUT2D eigenvalue weighted by Crippen LogP contribution is 2.68. The number of aliphatic hydroxyl groups is 1. The lowest BCUT2D eigenvalue weighted by molar-refractivity contribution is -0.148. The summed E-state index contributed by atoms with van der Waals surface area (Å²) in [6.45, 7) is 8.76. The quantitative estimate of drug-likeness (QED) is 0.722. The minimum Gasteiger partial charge on any atom is -0.385 e. The summed E-state index contributed by atoms with van der Waals surface area (Å²) in [4.78, 5) is 11.9. The minimum atomic E-state index is -0.664. The Hall–Kier alpha value is -0.630. The fourth-order valence-electron chi connectivity index (χ4n) is 7.43. The molecule has 4 aliphatic rings. The standard InChI is InChI=1S/C21H32O2/c1-4-21(23)12-9-18-16-6-5-14-13-15(22)7-10-19(14,2)17(16)8-11-20(18,21)3/h4,14,16-18,23H,1,5-13H2,2-3H3/t14?,16?,17?,18?,19-,20-,21-/m0/s1. The average Bonchev–Trinajstić information content (AvgIpc) is 2.80. The Morgan fingerprint density at radius 1 is 1.09 bits per heavy atom. The number of Topliss-reactive ketones (excluding diaryl/α,β-unsaturated/α-hetero) is 1. The average molecular weight is 316 g/mol. The summed E-state index contributed by atoms with van der Waals surface area (Å²) < 4.78 is 0. The van der Waals surface area contributed by atoms with Crippen molar-refractivity contribution in [3.8, 4) is 0 Å². The third-order valence-corrected chi connectivity index (χ3v) is 9.03. The lowest BCUT2D eigenvalue weighted by Gasteiger charge is -2.60. The molecule has 7 atom stereocenters. The van der Waals surface area contributed by atoms with Crippen LogP contribution in [-0.4, -0.2) is 16.5 Å². The Balaban J connectivity index is 1.65. The Bertz CT molecular complexity index is 540. The summed E-state index contributed by atoms with van der Waals surface area (Å²) in [6.07, 6.45) is 11.5. The molecule has 1 N–H and O–H groups in total. The summed E-state index contributed by atoms with van der Waals surface area (Å²) >= 11 is 0. The summed E-state index contributed by atoms with van der Waals surface area (Å²) in [7, 11) is 0. The molecule has 0 spiro atoms. The maximum atomic E-state index is 11.9. The number of carbonyl (C=O) groups excluding carboxylic acids is 1. The van der Waals surface area contributed by atoms with Crippen molar-refractivity contribution in [3.05, 3.63) is 12.7 Å². The number of hydrogen-bond acceptors (Lipinski definition) is 2. The SMILES string of the molecule is C=C[C@]1(O)CCC2C3CCC4CC(=O)CC[C@]4(C)C3CC[C@@]21C. The molecule has 0 heterocycles. The molecule has 4 fully saturated rings. The van der Waals surface area contributed by atoms with Gasteiger partial charge in [-0.05, 0) is 74.0 Å². The highest BCUT2D eigenvalue weighted by molar-refractivity contribution is 5.79. The van der Waals surface area contributed by atoms with E-state index in [9.17, 15) is 9.90 Å². The second-order valence-corrected chi connectivity index (χ2v) is 9.52. The van der Waals surface area contributed by atoms with Crippen LogP contribution in [0.25, 0.3) is 0 Å². The van der Waals surface area contributed by atoms with Gasteiger partial charge in [0.1, 0.15) is 5.78 Å². The number of carbonyl (C=O) groups is 1. The van der Waals surface area contributed by atoms with Gasteiger partial charge in [0.05, 0.1) is 5.60 Å². The van der Waals surface area contributed by atoms with Crippen molar-refractivity contribution in [2.24, 2.45) is 34.5 Å². The molecule has 0 aromatic rings. The fourth-order valence-corrected chi connectivity index (χ4v) is 7.43. The van der Waals surface area contributed by atoms with Crippen molar-refractivity contribution in [1.29, 1.82) is 0 Å². The molecule has 4 unspecified atom stereocenters. The first kappa shape index (κ1) is 15.9. The molecule has 23 heavy (non-hydrogen) atoms. The van der Waals surface area contributed by atoms with E-state index in [0.29, 0.717) is 23.0 Å². The van der Waals surface area contributed by atoms with Gasteiger partial charge in [-0.25, -0.2) is 0 Å². The Morgan fingerprint density at radius 2 is 1.83 bits per heavy atom. The van der Waals surface area contributed by atoms with Crippen LogP contribution in [-0.2, 0) is 4.79 Å². The number of fused-ring (bicyclic) bond motifs is 5. The molecule has 4 saturated carbocycles. The zero-order chi connectivity index (χ0) is 16.5. The molecule has 4 aliphatic carbocycles. The molecule has 4 rings (SSSR count). The lowest BCUT2D eigenvalue weighted by atomic mass is 9.44. The highest BCUT2D eigenvalue weighted by Gasteiger charge is 2.63. The molecule has 128 valence electrons. The van der Waals surface area contributed by atoms with Crippen molar-refractivity contribution in [1.82, 2.24) is 0 Å². The van der Waals surface area contributed by atoms with Crippen molar-refractivity contribution in [2.75, 3.05) is 0 Å². The third kappa shape index (κ3) is 1.94. The number of rotatable bonds is 1. The molecule has 0 bridgehead atoms. The van der Waals surface area contributed by atoms with Crippen LogP contribution in [0.2, 0.25) is 0 Å². The second kappa shape index (κ2) is 4.94. The van der Waals surface area contributed by atoms with Gasteiger partial charge in [-0.15, -0.1) is 6.58 Å². The number of ketones is 1. The molecule has 0 aliphatic heterocycles. The van der Waals surface area contributed by atoms with Crippen LogP contribution in [0.5, 0.6) is 0 Å². The Kier molecular flexibility index (Phi) is 3.41. The van der Waals surface area contributed by atoms with E-state index < -0.39 is 5.60 Å². The molecular formula is C21H32O2. The molecule has 0 radical (unpaired) electrons. The first-order chi connectivity index (χ1) is 10.8. The van der Waals surface area contributed by atoms with Crippen LogP contribution in [0.3, 0.4) is 0 Å². The maximum Gasteiger partial charge on any atom is 0.133 e. The Labute approximate surface area is 140 Å². The topological polar surface area (TPSA) is 37.3 Å². The fraction of sp³-hybridized carbons (Fsp3) is 0.857. The van der Waals surface area contributed by atoms with Crippen LogP contribution < -0.4 is 0 Å². The highest BCUT2D eigenvalue weighted by atomic mass is 16.3. The van der Waals surface area contributed by atoms with Gasteiger partial charge in [0, 0.05) is 18.3 Å². The minimum absolute atomic E-state index is 0.0175. The third-order valence-electron chi connectivity index (χ3n) is 9.03. The van der Waals surface area contributed by atoms with Crippen LogP contribution in [0.1, 0.15) is 71.6 Å². The van der Waals surface area contributed by atoms with Crippen LogP contribution in [0, 0.1) is 34.5 Å². The van der Waals surface area contributed by atoms with Gasteiger partial charge in [-0.1, -0.05) is 19.9 Å². The van der Waals surface area contributed by atoms with Gasteiger partial charge in [0.15, 0.2) is 0 Å². The van der Waals surface area contributed by atoms with Crippen LogP contribution in [0.15, 0.2) is 12.7 Å². The smallest absolute Gasteiger partial charge is 0.133 e. The van der Waals surface area contributed by atoms with Crippen LogP contribution in [0.4, 0.5) is 0 Å². The normalized spacial score (nSPS) is 55.7. The van der Waals surface area contributed by atoms with Gasteiger partial charge in [-0.2, -0.15) is 0 Å². The van der Waals surface area contributed by atoms with Gasteiger partial charge in [0.25, 0.3) is 0 Å². The van der Waals surface area contributed by atoms with Gasteiger partial charge in [-0.3, -0.25) is 4.79 Å². The predicted octanol–water partition coefficient (Wildman–Crippen LogP) is 4.52. The molecule has 2 nitrogen and oxygen atoms in total. The van der Waals surface area contributed by atoms with Crippen molar-refractivity contribution in [2.45, 2.75) is 77.2 Å². The van der Waals surface area contributed by atoms with Gasteiger partial charge < -0.3 is 5.11 Å². The van der Waals surface area contributed by atoms with E-state index in [0.717, 1.165) is 50.4 Å². The predicted molar refractivity (Wildman–Crippen MR) is 91.9 cm³/mol. The second-order valence-electron chi connectivity index (χ2n) is 9.52. The van der Waals surface area contributed by atoms with Crippen molar-refractivity contribution < 1.29 is 9.90 Å². The summed E-state index contributed by atoms with van der Waals surface area (Å²) in [6, 6.07) is 0. The van der Waals surface area contributed by atoms with Crippen LogP contribution >= 0.6 is 0 Å².